The van der Waals surface area contributed by atoms with Crippen LogP contribution < -0.4 is 9.47 Å². The van der Waals surface area contributed by atoms with Gasteiger partial charge in [0.1, 0.15) is 0 Å². The predicted molar refractivity (Wildman–Crippen MR) is 86.4 cm³/mol. The summed E-state index contributed by atoms with van der Waals surface area (Å²) in [4.78, 5) is 14.5. The first-order valence-corrected chi connectivity index (χ1v) is 8.32. The van der Waals surface area contributed by atoms with Crippen molar-refractivity contribution < 1.29 is 19.0 Å². The standard InChI is InChI=1S/C18H25NO4/c1-13(15-4-5-15)9-18(20)19(7-8-21-2)11-14-3-6-16-17(10-14)23-12-22-16/h3,6,10,13,15H,4-5,7-9,11-12H2,1-2H3. The molecule has 23 heavy (non-hydrogen) atoms. The van der Waals surface area contributed by atoms with Crippen LogP contribution in [0.2, 0.25) is 0 Å². The molecule has 3 rings (SSSR count). The number of amides is 1. The Morgan fingerprint density at radius 3 is 2.87 bits per heavy atom. The average molecular weight is 319 g/mol. The summed E-state index contributed by atoms with van der Waals surface area (Å²) >= 11 is 0. The molecule has 1 aliphatic heterocycles. The van der Waals surface area contributed by atoms with Gasteiger partial charge in [0, 0.05) is 26.6 Å². The smallest absolute Gasteiger partial charge is 0.231 e. The van der Waals surface area contributed by atoms with Gasteiger partial charge in [0.05, 0.1) is 6.61 Å². The second-order valence-corrected chi connectivity index (χ2v) is 6.51. The minimum absolute atomic E-state index is 0.208. The maximum absolute atomic E-state index is 12.6. The summed E-state index contributed by atoms with van der Waals surface area (Å²) in [5, 5.41) is 0. The maximum atomic E-state index is 12.6. The highest BCUT2D eigenvalue weighted by molar-refractivity contribution is 5.76. The predicted octanol–water partition coefficient (Wildman–Crippen LogP) is 2.83. The summed E-state index contributed by atoms with van der Waals surface area (Å²) in [6.07, 6.45) is 3.17. The van der Waals surface area contributed by atoms with Gasteiger partial charge in [-0.15, -0.1) is 0 Å². The molecule has 1 saturated carbocycles. The highest BCUT2D eigenvalue weighted by Gasteiger charge is 2.30. The summed E-state index contributed by atoms with van der Waals surface area (Å²) in [6.45, 7) is 4.19. The Morgan fingerprint density at radius 1 is 1.35 bits per heavy atom. The molecule has 1 heterocycles. The third-order valence-electron chi connectivity index (χ3n) is 4.65. The highest BCUT2D eigenvalue weighted by Crippen LogP contribution is 2.38. The van der Waals surface area contributed by atoms with Gasteiger partial charge in [-0.25, -0.2) is 0 Å². The van der Waals surface area contributed by atoms with Gasteiger partial charge in [-0.1, -0.05) is 13.0 Å². The Kier molecular flexibility index (Phi) is 5.06. The topological polar surface area (TPSA) is 48.0 Å². The normalized spacial score (nSPS) is 17.1. The zero-order chi connectivity index (χ0) is 16.2. The fourth-order valence-corrected chi connectivity index (χ4v) is 2.99. The van der Waals surface area contributed by atoms with Crippen molar-refractivity contribution in [1.29, 1.82) is 0 Å². The molecule has 0 aromatic heterocycles. The SMILES string of the molecule is COCCN(Cc1ccc2c(c1)OCO2)C(=O)CC(C)C1CC1. The van der Waals surface area contributed by atoms with Gasteiger partial charge in [0.25, 0.3) is 0 Å². The fourth-order valence-electron chi connectivity index (χ4n) is 2.99. The number of benzene rings is 1. The number of hydrogen-bond donors (Lipinski definition) is 0. The number of rotatable bonds is 8. The number of carbonyl (C=O) groups is 1. The van der Waals surface area contributed by atoms with Gasteiger partial charge in [0.15, 0.2) is 11.5 Å². The molecule has 0 bridgehead atoms. The monoisotopic (exact) mass is 319 g/mol. The molecule has 126 valence electrons. The van der Waals surface area contributed by atoms with Gasteiger partial charge in [-0.2, -0.15) is 0 Å². The van der Waals surface area contributed by atoms with Crippen molar-refractivity contribution in [2.75, 3.05) is 27.1 Å². The van der Waals surface area contributed by atoms with Crippen LogP contribution in [0.1, 0.15) is 31.7 Å². The van der Waals surface area contributed by atoms with Crippen LogP contribution in [0.5, 0.6) is 11.5 Å². The van der Waals surface area contributed by atoms with Crippen LogP contribution in [-0.4, -0.2) is 37.9 Å². The summed E-state index contributed by atoms with van der Waals surface area (Å²) < 4.78 is 15.9. The summed E-state index contributed by atoms with van der Waals surface area (Å²) in [5.74, 6) is 2.95. The lowest BCUT2D eigenvalue weighted by Gasteiger charge is -2.24. The Morgan fingerprint density at radius 2 is 2.13 bits per heavy atom. The lowest BCUT2D eigenvalue weighted by molar-refractivity contribution is -0.133. The van der Waals surface area contributed by atoms with Crippen molar-refractivity contribution in [3.63, 3.8) is 0 Å². The molecule has 1 aliphatic carbocycles. The van der Waals surface area contributed by atoms with Crippen LogP contribution >= 0.6 is 0 Å². The summed E-state index contributed by atoms with van der Waals surface area (Å²) in [6, 6.07) is 5.86. The summed E-state index contributed by atoms with van der Waals surface area (Å²) in [5.41, 5.74) is 1.05. The minimum atomic E-state index is 0.208. The van der Waals surface area contributed by atoms with Crippen molar-refractivity contribution in [3.05, 3.63) is 23.8 Å². The minimum Gasteiger partial charge on any atom is -0.454 e. The Hall–Kier alpha value is -1.75. The lowest BCUT2D eigenvalue weighted by atomic mass is 10.0. The highest BCUT2D eigenvalue weighted by atomic mass is 16.7. The van der Waals surface area contributed by atoms with E-state index < -0.39 is 0 Å². The fraction of sp³-hybridized carbons (Fsp3) is 0.611. The molecular weight excluding hydrogens is 294 g/mol. The zero-order valence-electron chi connectivity index (χ0n) is 13.9. The molecular formula is C18H25NO4. The summed E-state index contributed by atoms with van der Waals surface area (Å²) in [7, 11) is 1.66. The molecule has 5 nitrogen and oxygen atoms in total. The van der Waals surface area contributed by atoms with Crippen LogP contribution in [-0.2, 0) is 16.1 Å². The number of carbonyl (C=O) groups excluding carboxylic acids is 1. The van der Waals surface area contributed by atoms with Crippen molar-refractivity contribution in [2.45, 2.75) is 32.7 Å². The molecule has 1 atom stereocenters. The first kappa shape index (κ1) is 16.1. The van der Waals surface area contributed by atoms with Gasteiger partial charge in [-0.05, 0) is 42.4 Å². The van der Waals surface area contributed by atoms with E-state index in [9.17, 15) is 4.79 Å². The molecule has 0 radical (unpaired) electrons. The molecule has 1 unspecified atom stereocenters. The molecule has 0 N–H and O–H groups in total. The molecule has 0 spiro atoms. The van der Waals surface area contributed by atoms with E-state index in [4.69, 9.17) is 14.2 Å². The molecule has 0 saturated heterocycles. The van der Waals surface area contributed by atoms with Crippen molar-refractivity contribution in [1.82, 2.24) is 4.90 Å². The number of ether oxygens (including phenoxy) is 3. The molecule has 5 heteroatoms. The second kappa shape index (κ2) is 7.21. The Bertz CT molecular complexity index is 556. The van der Waals surface area contributed by atoms with E-state index >= 15 is 0 Å². The zero-order valence-corrected chi connectivity index (χ0v) is 13.9. The lowest BCUT2D eigenvalue weighted by Crippen LogP contribution is -2.34. The number of hydrogen-bond acceptors (Lipinski definition) is 4. The third-order valence-corrected chi connectivity index (χ3v) is 4.65. The van der Waals surface area contributed by atoms with Crippen molar-refractivity contribution >= 4 is 5.91 Å². The first-order valence-electron chi connectivity index (χ1n) is 8.32. The first-order chi connectivity index (χ1) is 11.2. The quantitative estimate of drug-likeness (QED) is 0.739. The van der Waals surface area contributed by atoms with Crippen molar-refractivity contribution in [3.8, 4) is 11.5 Å². The molecule has 1 amide bonds. The van der Waals surface area contributed by atoms with Crippen LogP contribution in [0.15, 0.2) is 18.2 Å². The molecule has 1 aromatic rings. The van der Waals surface area contributed by atoms with E-state index in [1.807, 2.05) is 23.1 Å². The van der Waals surface area contributed by atoms with E-state index in [0.717, 1.165) is 23.0 Å². The Labute approximate surface area is 137 Å². The van der Waals surface area contributed by atoms with Gasteiger partial charge >= 0.3 is 0 Å². The van der Waals surface area contributed by atoms with E-state index in [1.165, 1.54) is 12.8 Å². The molecule has 1 fully saturated rings. The van der Waals surface area contributed by atoms with E-state index in [1.54, 1.807) is 7.11 Å². The average Bonchev–Trinajstić information content (AvgIpc) is 3.29. The third kappa shape index (κ3) is 4.16. The van der Waals surface area contributed by atoms with Gasteiger partial charge in [-0.3, -0.25) is 4.79 Å². The Balaban J connectivity index is 1.64. The molecule has 2 aliphatic rings. The van der Waals surface area contributed by atoms with E-state index in [-0.39, 0.29) is 12.7 Å². The second-order valence-electron chi connectivity index (χ2n) is 6.51. The van der Waals surface area contributed by atoms with Crippen LogP contribution in [0.25, 0.3) is 0 Å². The van der Waals surface area contributed by atoms with E-state index in [0.29, 0.717) is 32.0 Å². The largest absolute Gasteiger partial charge is 0.454 e. The maximum Gasteiger partial charge on any atom is 0.231 e. The van der Waals surface area contributed by atoms with Gasteiger partial charge in [0.2, 0.25) is 12.7 Å². The van der Waals surface area contributed by atoms with Crippen LogP contribution in [0.4, 0.5) is 0 Å². The van der Waals surface area contributed by atoms with Crippen molar-refractivity contribution in [2.24, 2.45) is 11.8 Å². The van der Waals surface area contributed by atoms with E-state index in [2.05, 4.69) is 6.92 Å². The number of nitrogens with zero attached hydrogens (tertiary/aromatic N) is 1. The van der Waals surface area contributed by atoms with Crippen LogP contribution in [0.3, 0.4) is 0 Å². The number of methoxy groups -OCH3 is 1. The van der Waals surface area contributed by atoms with Crippen LogP contribution in [0, 0.1) is 11.8 Å². The molecule has 1 aromatic carbocycles. The van der Waals surface area contributed by atoms with Gasteiger partial charge < -0.3 is 19.1 Å². The number of fused-ring (bicyclic) bond motifs is 1.